The van der Waals surface area contributed by atoms with Crippen LogP contribution in [0.25, 0.3) is 17.1 Å². The largest absolute Gasteiger partial charge is 0.497 e. The highest BCUT2D eigenvalue weighted by Crippen LogP contribution is 2.25. The molecule has 0 saturated heterocycles. The molecule has 0 aliphatic heterocycles. The van der Waals surface area contributed by atoms with Gasteiger partial charge in [-0.25, -0.2) is 4.68 Å². The van der Waals surface area contributed by atoms with Crippen LogP contribution >= 0.6 is 0 Å². The lowest BCUT2D eigenvalue weighted by Gasteiger charge is -2.09. The van der Waals surface area contributed by atoms with E-state index in [2.05, 4.69) is 29.2 Å². The van der Waals surface area contributed by atoms with E-state index >= 15 is 0 Å². The molecule has 174 valence electrons. The number of hydrogen-bond acceptors (Lipinski definition) is 5. The quantitative estimate of drug-likeness (QED) is 0.377. The molecular formula is C27H28N4O3. The molecule has 7 heteroatoms. The van der Waals surface area contributed by atoms with E-state index in [0.29, 0.717) is 41.4 Å². The van der Waals surface area contributed by atoms with Crippen molar-refractivity contribution < 1.29 is 14.3 Å². The molecule has 0 bridgehead atoms. The second-order valence-electron chi connectivity index (χ2n) is 8.43. The molecule has 0 radical (unpaired) electrons. The zero-order valence-electron chi connectivity index (χ0n) is 19.8. The van der Waals surface area contributed by atoms with Gasteiger partial charge in [0.05, 0.1) is 19.4 Å². The maximum absolute atomic E-state index is 12.6. The molecule has 3 aromatic carbocycles. The fourth-order valence-corrected chi connectivity index (χ4v) is 3.30. The number of methoxy groups -OCH3 is 1. The molecule has 4 rings (SSSR count). The van der Waals surface area contributed by atoms with Gasteiger partial charge in [0.15, 0.2) is 5.82 Å². The Balaban J connectivity index is 1.58. The number of benzene rings is 3. The minimum Gasteiger partial charge on any atom is -0.497 e. The number of nitrogens with one attached hydrogen (secondary N) is 1. The van der Waals surface area contributed by atoms with E-state index in [1.807, 2.05) is 55.5 Å². The third-order valence-corrected chi connectivity index (χ3v) is 5.17. The highest BCUT2D eigenvalue weighted by Gasteiger charge is 2.15. The molecule has 0 atom stereocenters. The highest BCUT2D eigenvalue weighted by molar-refractivity contribution is 6.04. The van der Waals surface area contributed by atoms with E-state index in [0.717, 1.165) is 11.3 Å². The summed E-state index contributed by atoms with van der Waals surface area (Å²) in [5.41, 5.74) is 4.15. The first-order valence-electron chi connectivity index (χ1n) is 11.2. The molecule has 0 aliphatic rings. The van der Waals surface area contributed by atoms with Crippen LogP contribution in [0.5, 0.6) is 11.8 Å². The molecule has 0 fully saturated rings. The Morgan fingerprint density at radius 2 is 1.65 bits per heavy atom. The standard InChI is InChI=1S/C27H28N4O3/c1-18(2)17-34-27-29-25(20-7-5-19(3)6-8-20)31(30-27)23-13-11-22(12-14-23)28-26(32)21-9-15-24(33-4)16-10-21/h5-16,18H,17H2,1-4H3,(H,28,32). The average Bonchev–Trinajstić information content (AvgIpc) is 3.28. The second kappa shape index (κ2) is 10.2. The van der Waals surface area contributed by atoms with Crippen molar-refractivity contribution in [2.45, 2.75) is 20.8 Å². The van der Waals surface area contributed by atoms with E-state index in [4.69, 9.17) is 9.47 Å². The zero-order valence-corrected chi connectivity index (χ0v) is 19.8. The molecule has 0 unspecified atom stereocenters. The van der Waals surface area contributed by atoms with Crippen molar-refractivity contribution in [2.24, 2.45) is 5.92 Å². The fraction of sp³-hybridized carbons (Fsp3) is 0.222. The third-order valence-electron chi connectivity index (χ3n) is 5.17. The van der Waals surface area contributed by atoms with E-state index in [1.54, 1.807) is 36.1 Å². The number of anilines is 1. The average molecular weight is 457 g/mol. The van der Waals surface area contributed by atoms with Crippen molar-refractivity contribution in [3.63, 3.8) is 0 Å². The molecule has 1 amide bonds. The molecule has 0 aliphatic carbocycles. The summed E-state index contributed by atoms with van der Waals surface area (Å²) < 4.78 is 12.7. The van der Waals surface area contributed by atoms with Crippen LogP contribution < -0.4 is 14.8 Å². The minimum atomic E-state index is -0.194. The fourth-order valence-electron chi connectivity index (χ4n) is 3.30. The number of aryl methyl sites for hydroxylation is 1. The van der Waals surface area contributed by atoms with Gasteiger partial charge in [0.25, 0.3) is 5.91 Å². The van der Waals surface area contributed by atoms with Gasteiger partial charge in [-0.1, -0.05) is 43.7 Å². The van der Waals surface area contributed by atoms with Crippen LogP contribution in [0, 0.1) is 12.8 Å². The summed E-state index contributed by atoms with van der Waals surface area (Å²) in [4.78, 5) is 17.2. The number of carbonyl (C=O) groups excluding carboxylic acids is 1. The van der Waals surface area contributed by atoms with Crippen molar-refractivity contribution in [1.29, 1.82) is 0 Å². The van der Waals surface area contributed by atoms with Crippen molar-refractivity contribution in [1.82, 2.24) is 14.8 Å². The van der Waals surface area contributed by atoms with Crippen molar-refractivity contribution >= 4 is 11.6 Å². The lowest BCUT2D eigenvalue weighted by atomic mass is 10.1. The Labute approximate surface area is 199 Å². The molecule has 1 N–H and O–H groups in total. The number of ether oxygens (including phenoxy) is 2. The Kier molecular flexibility index (Phi) is 6.92. The summed E-state index contributed by atoms with van der Waals surface area (Å²) in [5.74, 6) is 1.56. The van der Waals surface area contributed by atoms with Crippen LogP contribution in [0.2, 0.25) is 0 Å². The number of rotatable bonds is 8. The summed E-state index contributed by atoms with van der Waals surface area (Å²) in [7, 11) is 1.59. The number of nitrogens with zero attached hydrogens (tertiary/aromatic N) is 3. The number of carbonyl (C=O) groups is 1. The number of aromatic nitrogens is 3. The van der Waals surface area contributed by atoms with Gasteiger partial charge in [0.2, 0.25) is 0 Å². The smallest absolute Gasteiger partial charge is 0.336 e. The topological polar surface area (TPSA) is 78.3 Å². The number of hydrogen-bond donors (Lipinski definition) is 1. The van der Waals surface area contributed by atoms with Crippen LogP contribution in [-0.2, 0) is 0 Å². The van der Waals surface area contributed by atoms with E-state index in [9.17, 15) is 4.79 Å². The van der Waals surface area contributed by atoms with Gasteiger partial charge in [-0.05, 0) is 61.4 Å². The van der Waals surface area contributed by atoms with E-state index in [1.165, 1.54) is 5.56 Å². The normalized spacial score (nSPS) is 10.9. The van der Waals surface area contributed by atoms with Gasteiger partial charge in [-0.3, -0.25) is 4.79 Å². The number of amides is 1. The molecular weight excluding hydrogens is 428 g/mol. The molecule has 1 heterocycles. The third kappa shape index (κ3) is 5.43. The monoisotopic (exact) mass is 456 g/mol. The van der Waals surface area contributed by atoms with Crippen LogP contribution in [0.4, 0.5) is 5.69 Å². The van der Waals surface area contributed by atoms with Crippen molar-refractivity contribution in [3.05, 3.63) is 83.9 Å². The zero-order chi connectivity index (χ0) is 24.1. The SMILES string of the molecule is COc1ccc(C(=O)Nc2ccc(-n3nc(OCC(C)C)nc3-c3ccc(C)cc3)cc2)cc1. The first kappa shape index (κ1) is 23.0. The van der Waals surface area contributed by atoms with Crippen molar-refractivity contribution in [3.8, 4) is 28.8 Å². The Morgan fingerprint density at radius 3 is 2.26 bits per heavy atom. The summed E-state index contributed by atoms with van der Waals surface area (Å²) in [5, 5.41) is 7.50. The van der Waals surface area contributed by atoms with Crippen LogP contribution in [0.1, 0.15) is 29.8 Å². The maximum atomic E-state index is 12.6. The van der Waals surface area contributed by atoms with Gasteiger partial charge in [-0.15, -0.1) is 5.10 Å². The Hall–Kier alpha value is -4.13. The van der Waals surface area contributed by atoms with Crippen LogP contribution in [0.3, 0.4) is 0 Å². The van der Waals surface area contributed by atoms with Crippen molar-refractivity contribution in [2.75, 3.05) is 19.0 Å². The summed E-state index contributed by atoms with van der Waals surface area (Å²) in [6.07, 6.45) is 0. The predicted molar refractivity (Wildman–Crippen MR) is 133 cm³/mol. The molecule has 0 saturated carbocycles. The van der Waals surface area contributed by atoms with Crippen LogP contribution in [0.15, 0.2) is 72.8 Å². The van der Waals surface area contributed by atoms with Gasteiger partial charge in [0, 0.05) is 16.8 Å². The summed E-state index contributed by atoms with van der Waals surface area (Å²) in [6.45, 7) is 6.74. The van der Waals surface area contributed by atoms with Gasteiger partial charge >= 0.3 is 6.01 Å². The second-order valence-corrected chi connectivity index (χ2v) is 8.43. The minimum absolute atomic E-state index is 0.194. The first-order chi connectivity index (χ1) is 16.4. The molecule has 0 spiro atoms. The van der Waals surface area contributed by atoms with Gasteiger partial charge in [0.1, 0.15) is 5.75 Å². The predicted octanol–water partition coefficient (Wildman–Crippen LogP) is 5.54. The lowest BCUT2D eigenvalue weighted by Crippen LogP contribution is -2.11. The first-order valence-corrected chi connectivity index (χ1v) is 11.2. The molecule has 1 aromatic heterocycles. The Bertz CT molecular complexity index is 1240. The van der Waals surface area contributed by atoms with Gasteiger partial charge in [-0.2, -0.15) is 4.98 Å². The Morgan fingerprint density at radius 1 is 0.971 bits per heavy atom. The molecule has 34 heavy (non-hydrogen) atoms. The van der Waals surface area contributed by atoms with Crippen LogP contribution in [-0.4, -0.2) is 34.4 Å². The molecule has 4 aromatic rings. The summed E-state index contributed by atoms with van der Waals surface area (Å²) >= 11 is 0. The van der Waals surface area contributed by atoms with Gasteiger partial charge < -0.3 is 14.8 Å². The summed E-state index contributed by atoms with van der Waals surface area (Å²) in [6, 6.07) is 22.9. The van der Waals surface area contributed by atoms with E-state index in [-0.39, 0.29) is 5.91 Å². The molecule has 7 nitrogen and oxygen atoms in total. The lowest BCUT2D eigenvalue weighted by molar-refractivity contribution is 0.102. The highest BCUT2D eigenvalue weighted by atomic mass is 16.5. The van der Waals surface area contributed by atoms with E-state index < -0.39 is 0 Å². The maximum Gasteiger partial charge on any atom is 0.336 e.